The van der Waals surface area contributed by atoms with Gasteiger partial charge in [-0.3, -0.25) is 5.10 Å². The van der Waals surface area contributed by atoms with Crippen molar-refractivity contribution in [2.24, 2.45) is 5.73 Å². The quantitative estimate of drug-likeness (QED) is 0.518. The van der Waals surface area contributed by atoms with Gasteiger partial charge >= 0.3 is 0 Å². The number of hydrogen-bond acceptors (Lipinski definition) is 6. The van der Waals surface area contributed by atoms with Gasteiger partial charge in [0.15, 0.2) is 11.5 Å². The lowest BCUT2D eigenvalue weighted by atomic mass is 9.83. The summed E-state index contributed by atoms with van der Waals surface area (Å²) in [5.74, 6) is -0.187. The maximum atomic E-state index is 10.2. The van der Waals surface area contributed by atoms with Crippen LogP contribution in [-0.2, 0) is 0 Å². The second kappa shape index (κ2) is 7.35. The van der Waals surface area contributed by atoms with Crippen molar-refractivity contribution in [2.45, 2.75) is 5.92 Å². The van der Waals surface area contributed by atoms with E-state index in [1.54, 1.807) is 18.2 Å². The number of aromatic nitrogens is 2. The normalized spacial score (nSPS) is 15.4. The number of nitrogens with zero attached hydrogens (tertiary/aromatic N) is 2. The Kier molecular flexibility index (Phi) is 4.86. The number of fused-ring (bicyclic) bond motifs is 1. The van der Waals surface area contributed by atoms with Crippen LogP contribution < -0.4 is 15.2 Å². The van der Waals surface area contributed by atoms with E-state index in [2.05, 4.69) is 32.2 Å². The summed E-state index contributed by atoms with van der Waals surface area (Å²) in [4.78, 5) is 0. The highest BCUT2D eigenvalue weighted by Crippen LogP contribution is 2.48. The fourth-order valence-electron chi connectivity index (χ4n) is 3.36. The second-order valence-corrected chi connectivity index (χ2v) is 7.54. The fraction of sp³-hybridized carbons (Fsp3) is 0.100. The van der Waals surface area contributed by atoms with E-state index in [9.17, 15) is 10.4 Å². The molecule has 4 rings (SSSR count). The minimum atomic E-state index is -0.612. The summed E-state index contributed by atoms with van der Waals surface area (Å²) < 4.78 is 11.3. The van der Waals surface area contributed by atoms with Crippen molar-refractivity contribution in [2.75, 3.05) is 7.11 Å². The van der Waals surface area contributed by atoms with Crippen molar-refractivity contribution in [3.05, 3.63) is 68.5 Å². The van der Waals surface area contributed by atoms with Gasteiger partial charge in [-0.05, 0) is 39.7 Å². The molecule has 0 amide bonds. The largest absolute Gasteiger partial charge is 0.503 e. The molecular weight excluding hydrogens is 460 g/mol. The number of benzene rings is 2. The number of rotatable bonds is 3. The molecule has 0 aliphatic carbocycles. The molecule has 0 radical (unpaired) electrons. The molecule has 0 fully saturated rings. The van der Waals surface area contributed by atoms with Gasteiger partial charge in [-0.2, -0.15) is 5.26 Å². The molecule has 0 bridgehead atoms. The van der Waals surface area contributed by atoms with Crippen molar-refractivity contribution >= 4 is 27.5 Å². The number of nitriles is 1. The zero-order valence-corrected chi connectivity index (χ0v) is 17.4. The summed E-state index contributed by atoms with van der Waals surface area (Å²) in [7, 11) is 1.45. The van der Waals surface area contributed by atoms with Crippen LogP contribution in [0.3, 0.4) is 0 Å². The second-order valence-electron chi connectivity index (χ2n) is 6.28. The van der Waals surface area contributed by atoms with Crippen molar-refractivity contribution in [3.63, 3.8) is 0 Å². The molecule has 3 aromatic rings. The molecule has 0 unspecified atom stereocenters. The maximum absolute atomic E-state index is 10.2. The number of aromatic hydroxyl groups is 1. The van der Waals surface area contributed by atoms with Gasteiger partial charge in [0.25, 0.3) is 0 Å². The molecule has 2 heterocycles. The standard InChI is InChI=1S/C20H14BrClN4O3/c1-28-14-7-9(6-12(21)18(14)27)15-11(8-23)19(24)29-20-16(15)17(25-26-20)10-4-2-3-5-13(10)22/h2-7,15,27H,24H2,1H3,(H,25,26)/t15-/m1/s1. The van der Waals surface area contributed by atoms with Gasteiger partial charge < -0.3 is 20.3 Å². The number of nitrogens with one attached hydrogen (secondary N) is 1. The third-order valence-corrected chi connectivity index (χ3v) is 5.62. The molecule has 4 N–H and O–H groups in total. The van der Waals surface area contributed by atoms with Gasteiger partial charge in [0.2, 0.25) is 11.8 Å². The predicted octanol–water partition coefficient (Wildman–Crippen LogP) is 4.42. The van der Waals surface area contributed by atoms with Crippen LogP contribution in [0.4, 0.5) is 0 Å². The molecule has 1 aromatic heterocycles. The molecule has 7 nitrogen and oxygen atoms in total. The van der Waals surface area contributed by atoms with Crippen molar-refractivity contribution < 1.29 is 14.6 Å². The molecule has 0 saturated carbocycles. The molecule has 29 heavy (non-hydrogen) atoms. The third kappa shape index (κ3) is 3.09. The summed E-state index contributed by atoms with van der Waals surface area (Å²) in [5, 5.41) is 27.7. The summed E-state index contributed by atoms with van der Waals surface area (Å²) in [5.41, 5.74) is 8.82. The highest BCUT2D eigenvalue weighted by atomic mass is 79.9. The average Bonchev–Trinajstić information content (AvgIpc) is 3.12. The Bertz CT molecular complexity index is 1200. The van der Waals surface area contributed by atoms with Crippen LogP contribution in [0.15, 0.2) is 52.3 Å². The first-order valence-electron chi connectivity index (χ1n) is 8.43. The minimum absolute atomic E-state index is 0.0367. The van der Waals surface area contributed by atoms with Crippen molar-refractivity contribution in [1.29, 1.82) is 5.26 Å². The van der Waals surface area contributed by atoms with Crippen LogP contribution in [0.1, 0.15) is 17.0 Å². The van der Waals surface area contributed by atoms with E-state index >= 15 is 0 Å². The van der Waals surface area contributed by atoms with Crippen LogP contribution in [-0.4, -0.2) is 22.4 Å². The third-order valence-electron chi connectivity index (χ3n) is 4.69. The molecule has 1 aliphatic rings. The monoisotopic (exact) mass is 472 g/mol. The number of phenols is 1. The van der Waals surface area contributed by atoms with E-state index in [1.165, 1.54) is 7.11 Å². The van der Waals surface area contributed by atoms with Crippen molar-refractivity contribution in [3.8, 4) is 34.7 Å². The number of nitrogens with two attached hydrogens (primary N) is 1. The first kappa shape index (κ1) is 19.2. The van der Waals surface area contributed by atoms with E-state index in [4.69, 9.17) is 26.8 Å². The van der Waals surface area contributed by atoms with Crippen molar-refractivity contribution in [1.82, 2.24) is 10.2 Å². The van der Waals surface area contributed by atoms with E-state index < -0.39 is 5.92 Å². The van der Waals surface area contributed by atoms with Crippen LogP contribution in [0.25, 0.3) is 11.3 Å². The van der Waals surface area contributed by atoms with Gasteiger partial charge in [-0.15, -0.1) is 5.10 Å². The zero-order chi connectivity index (χ0) is 20.7. The van der Waals surface area contributed by atoms with E-state index in [1.807, 2.05) is 18.2 Å². The van der Waals surface area contributed by atoms with Crippen LogP contribution in [0.5, 0.6) is 17.4 Å². The Morgan fingerprint density at radius 1 is 1.38 bits per heavy atom. The summed E-state index contributed by atoms with van der Waals surface area (Å²) >= 11 is 9.72. The predicted molar refractivity (Wildman–Crippen MR) is 111 cm³/mol. The van der Waals surface area contributed by atoms with Crippen LogP contribution in [0.2, 0.25) is 5.02 Å². The number of halogens is 2. The van der Waals surface area contributed by atoms with Gasteiger partial charge in [0.05, 0.1) is 28.8 Å². The molecule has 1 atom stereocenters. The van der Waals surface area contributed by atoms with Gasteiger partial charge in [-0.1, -0.05) is 29.8 Å². The smallest absolute Gasteiger partial charge is 0.244 e. The highest BCUT2D eigenvalue weighted by molar-refractivity contribution is 9.10. The molecule has 9 heteroatoms. The minimum Gasteiger partial charge on any atom is -0.503 e. The highest BCUT2D eigenvalue weighted by Gasteiger charge is 2.36. The Morgan fingerprint density at radius 3 is 2.83 bits per heavy atom. The number of hydrogen-bond donors (Lipinski definition) is 3. The number of allylic oxidation sites excluding steroid dienone is 1. The van der Waals surface area contributed by atoms with Crippen LogP contribution >= 0.6 is 27.5 Å². The van der Waals surface area contributed by atoms with E-state index in [-0.39, 0.29) is 28.8 Å². The van der Waals surface area contributed by atoms with Gasteiger partial charge in [0.1, 0.15) is 11.6 Å². The molecular formula is C20H14BrClN4O3. The van der Waals surface area contributed by atoms with E-state index in [0.717, 1.165) is 0 Å². The maximum Gasteiger partial charge on any atom is 0.244 e. The number of H-pyrrole nitrogens is 1. The zero-order valence-electron chi connectivity index (χ0n) is 15.0. The summed E-state index contributed by atoms with van der Waals surface area (Å²) in [6, 6.07) is 12.8. The summed E-state index contributed by atoms with van der Waals surface area (Å²) in [6.07, 6.45) is 0. The Labute approximate surface area is 179 Å². The molecule has 2 aromatic carbocycles. The van der Waals surface area contributed by atoms with E-state index in [0.29, 0.717) is 31.9 Å². The summed E-state index contributed by atoms with van der Waals surface area (Å²) in [6.45, 7) is 0. The van der Waals surface area contributed by atoms with Gasteiger partial charge in [0, 0.05) is 10.6 Å². The molecule has 1 aliphatic heterocycles. The Morgan fingerprint density at radius 2 is 2.14 bits per heavy atom. The SMILES string of the molecule is COc1cc([C@@H]2C(C#N)=C(N)Oc3n[nH]c(-c4ccccc4Cl)c32)cc(Br)c1O. The Hall–Kier alpha value is -3.15. The molecule has 0 saturated heterocycles. The lowest BCUT2D eigenvalue weighted by Gasteiger charge is -2.25. The fourth-order valence-corrected chi connectivity index (χ4v) is 4.05. The van der Waals surface area contributed by atoms with Crippen LogP contribution in [0, 0.1) is 11.3 Å². The number of methoxy groups -OCH3 is 1. The van der Waals surface area contributed by atoms with Gasteiger partial charge in [-0.25, -0.2) is 0 Å². The first-order valence-corrected chi connectivity index (χ1v) is 9.60. The molecule has 0 spiro atoms. The number of aromatic amines is 1. The number of phenolic OH excluding ortho intramolecular Hbond substituents is 1. The average molecular weight is 474 g/mol. The Balaban J connectivity index is 2.00. The lowest BCUT2D eigenvalue weighted by Crippen LogP contribution is -2.21. The topological polar surface area (TPSA) is 117 Å². The lowest BCUT2D eigenvalue weighted by molar-refractivity contribution is 0.369. The first-order chi connectivity index (χ1) is 14.0. The molecule has 146 valence electrons. The number of ether oxygens (including phenoxy) is 2.